The number of H-pyrrole nitrogens is 1. The summed E-state index contributed by atoms with van der Waals surface area (Å²) in [5.41, 5.74) is 0.542. The van der Waals surface area contributed by atoms with Gasteiger partial charge in [0.25, 0.3) is 5.56 Å². The summed E-state index contributed by atoms with van der Waals surface area (Å²) >= 11 is 0. The van der Waals surface area contributed by atoms with Gasteiger partial charge in [-0.05, 0) is 13.3 Å². The molecule has 1 aromatic heterocycles. The van der Waals surface area contributed by atoms with E-state index in [0.29, 0.717) is 13.0 Å². The molecule has 78 valence electrons. The molecule has 0 aliphatic heterocycles. The third kappa shape index (κ3) is 3.18. The first-order valence-electron chi connectivity index (χ1n) is 4.53. The average Bonchev–Trinajstić information content (AvgIpc) is 2.14. The molecule has 1 atom stereocenters. The predicted octanol–water partition coefficient (Wildman–Crippen LogP) is -0.0230. The van der Waals surface area contributed by atoms with Crippen molar-refractivity contribution in [3.8, 4) is 0 Å². The van der Waals surface area contributed by atoms with Gasteiger partial charge in [0.1, 0.15) is 0 Å². The van der Waals surface area contributed by atoms with Gasteiger partial charge in [0.2, 0.25) is 0 Å². The molecule has 0 fully saturated rings. The van der Waals surface area contributed by atoms with Crippen molar-refractivity contribution in [3.63, 3.8) is 0 Å². The van der Waals surface area contributed by atoms with E-state index in [1.165, 1.54) is 6.07 Å². The van der Waals surface area contributed by atoms with Crippen molar-refractivity contribution < 1.29 is 5.11 Å². The molecule has 1 rings (SSSR count). The van der Waals surface area contributed by atoms with Crippen LogP contribution in [0.25, 0.3) is 0 Å². The Bertz CT molecular complexity index is 335. The maximum absolute atomic E-state index is 10.9. The molecule has 14 heavy (non-hydrogen) atoms. The summed E-state index contributed by atoms with van der Waals surface area (Å²) < 4.78 is 0. The fourth-order valence-corrected chi connectivity index (χ4v) is 1.08. The van der Waals surface area contributed by atoms with Crippen LogP contribution in [0.3, 0.4) is 0 Å². The van der Waals surface area contributed by atoms with Gasteiger partial charge in [0, 0.05) is 19.7 Å². The van der Waals surface area contributed by atoms with Crippen LogP contribution < -0.4 is 10.5 Å². The lowest BCUT2D eigenvalue weighted by atomic mass is 10.2. The fourth-order valence-electron chi connectivity index (χ4n) is 1.08. The van der Waals surface area contributed by atoms with Crippen LogP contribution in [0.1, 0.15) is 13.3 Å². The fraction of sp³-hybridized carbons (Fsp3) is 0.556. The maximum Gasteiger partial charge on any atom is 0.266 e. The lowest BCUT2D eigenvalue weighted by Gasteiger charge is -2.18. The van der Waals surface area contributed by atoms with Gasteiger partial charge in [-0.25, -0.2) is 5.10 Å². The van der Waals surface area contributed by atoms with E-state index in [2.05, 4.69) is 10.2 Å². The number of aliphatic hydroxyl groups is 1. The van der Waals surface area contributed by atoms with Crippen molar-refractivity contribution in [2.24, 2.45) is 0 Å². The number of anilines is 1. The summed E-state index contributed by atoms with van der Waals surface area (Å²) in [6, 6.07) is 1.48. The Morgan fingerprint density at radius 3 is 3.00 bits per heavy atom. The number of aliphatic hydroxyl groups excluding tert-OH is 1. The van der Waals surface area contributed by atoms with E-state index in [4.69, 9.17) is 5.11 Å². The highest BCUT2D eigenvalue weighted by molar-refractivity contribution is 5.41. The Morgan fingerprint density at radius 2 is 2.43 bits per heavy atom. The Labute approximate surface area is 82.4 Å². The molecule has 0 aromatic carbocycles. The third-order valence-corrected chi connectivity index (χ3v) is 1.97. The normalized spacial score (nSPS) is 12.5. The van der Waals surface area contributed by atoms with Crippen molar-refractivity contribution in [2.75, 3.05) is 18.5 Å². The number of rotatable bonds is 4. The predicted molar refractivity (Wildman–Crippen MR) is 54.4 cm³/mol. The van der Waals surface area contributed by atoms with Gasteiger partial charge in [0.15, 0.2) is 0 Å². The highest BCUT2D eigenvalue weighted by Crippen LogP contribution is 2.07. The van der Waals surface area contributed by atoms with Crippen LogP contribution in [0.15, 0.2) is 17.1 Å². The minimum atomic E-state index is -0.326. The largest absolute Gasteiger partial charge is 0.393 e. The van der Waals surface area contributed by atoms with Crippen LogP contribution in [0.5, 0.6) is 0 Å². The molecule has 0 radical (unpaired) electrons. The van der Waals surface area contributed by atoms with E-state index in [1.807, 2.05) is 11.9 Å². The summed E-state index contributed by atoms with van der Waals surface area (Å²) in [4.78, 5) is 12.8. The standard InChI is InChI=1S/C9H15N3O2/c1-7(13)3-4-12(2)8-5-9(14)11-10-6-8/h5-7,13H,3-4H2,1-2H3,(H,11,14). The Kier molecular flexibility index (Phi) is 3.64. The second kappa shape index (κ2) is 4.76. The Balaban J connectivity index is 2.60. The van der Waals surface area contributed by atoms with Crippen LogP contribution in [0.4, 0.5) is 5.69 Å². The van der Waals surface area contributed by atoms with Gasteiger partial charge < -0.3 is 10.0 Å². The Morgan fingerprint density at radius 1 is 1.71 bits per heavy atom. The van der Waals surface area contributed by atoms with Gasteiger partial charge in [-0.15, -0.1) is 0 Å². The van der Waals surface area contributed by atoms with Gasteiger partial charge in [0.05, 0.1) is 18.0 Å². The molecule has 1 aromatic rings. The summed E-state index contributed by atoms with van der Waals surface area (Å²) in [6.45, 7) is 2.44. The molecule has 1 unspecified atom stereocenters. The van der Waals surface area contributed by atoms with E-state index in [0.717, 1.165) is 5.69 Å². The first-order chi connectivity index (χ1) is 6.59. The van der Waals surface area contributed by atoms with Crippen LogP contribution in [-0.4, -0.2) is 35.0 Å². The molecule has 5 heteroatoms. The molecular weight excluding hydrogens is 182 g/mol. The second-order valence-electron chi connectivity index (χ2n) is 3.36. The summed E-state index contributed by atoms with van der Waals surface area (Å²) in [7, 11) is 1.86. The van der Waals surface area contributed by atoms with Crippen LogP contribution >= 0.6 is 0 Å². The topological polar surface area (TPSA) is 69.2 Å². The minimum absolute atomic E-state index is 0.216. The van der Waals surface area contributed by atoms with Crippen molar-refractivity contribution >= 4 is 5.69 Å². The molecule has 1 heterocycles. The summed E-state index contributed by atoms with van der Waals surface area (Å²) in [5.74, 6) is 0. The quantitative estimate of drug-likeness (QED) is 0.711. The molecular formula is C9H15N3O2. The molecule has 2 N–H and O–H groups in total. The van der Waals surface area contributed by atoms with E-state index in [1.54, 1.807) is 13.1 Å². The highest BCUT2D eigenvalue weighted by Gasteiger charge is 2.03. The van der Waals surface area contributed by atoms with E-state index >= 15 is 0 Å². The lowest BCUT2D eigenvalue weighted by Crippen LogP contribution is -2.23. The lowest BCUT2D eigenvalue weighted by molar-refractivity contribution is 0.187. The van der Waals surface area contributed by atoms with Crippen molar-refractivity contribution in [1.82, 2.24) is 10.2 Å². The molecule has 0 spiro atoms. The van der Waals surface area contributed by atoms with Crippen molar-refractivity contribution in [2.45, 2.75) is 19.4 Å². The molecule has 5 nitrogen and oxygen atoms in total. The SMILES string of the molecule is CC(O)CCN(C)c1cn[nH]c(=O)c1. The maximum atomic E-state index is 10.9. The molecule has 0 amide bonds. The zero-order chi connectivity index (χ0) is 10.6. The highest BCUT2D eigenvalue weighted by atomic mass is 16.3. The van der Waals surface area contributed by atoms with Gasteiger partial charge >= 0.3 is 0 Å². The zero-order valence-electron chi connectivity index (χ0n) is 8.40. The molecule has 0 saturated carbocycles. The number of aromatic nitrogens is 2. The first-order valence-corrected chi connectivity index (χ1v) is 4.53. The van der Waals surface area contributed by atoms with E-state index in [9.17, 15) is 4.79 Å². The van der Waals surface area contributed by atoms with E-state index < -0.39 is 0 Å². The number of nitrogens with zero attached hydrogens (tertiary/aromatic N) is 2. The molecule has 0 bridgehead atoms. The van der Waals surface area contributed by atoms with Crippen LogP contribution in [0.2, 0.25) is 0 Å². The summed E-state index contributed by atoms with van der Waals surface area (Å²) in [6.07, 6.45) is 1.93. The second-order valence-corrected chi connectivity index (χ2v) is 3.36. The van der Waals surface area contributed by atoms with Crippen LogP contribution in [0, 0.1) is 0 Å². The smallest absolute Gasteiger partial charge is 0.266 e. The van der Waals surface area contributed by atoms with Gasteiger partial charge in [-0.3, -0.25) is 4.79 Å². The number of hydrogen-bond donors (Lipinski definition) is 2. The molecule has 0 aliphatic carbocycles. The minimum Gasteiger partial charge on any atom is -0.393 e. The van der Waals surface area contributed by atoms with Crippen LogP contribution in [-0.2, 0) is 0 Å². The molecule has 0 saturated heterocycles. The number of hydrogen-bond acceptors (Lipinski definition) is 4. The zero-order valence-corrected chi connectivity index (χ0v) is 8.40. The molecule has 0 aliphatic rings. The van der Waals surface area contributed by atoms with Gasteiger partial charge in [-0.2, -0.15) is 5.10 Å². The van der Waals surface area contributed by atoms with Gasteiger partial charge in [-0.1, -0.05) is 0 Å². The number of aromatic amines is 1. The Hall–Kier alpha value is -1.36. The average molecular weight is 197 g/mol. The van der Waals surface area contributed by atoms with Crippen molar-refractivity contribution in [1.29, 1.82) is 0 Å². The monoisotopic (exact) mass is 197 g/mol. The number of nitrogens with one attached hydrogen (secondary N) is 1. The van der Waals surface area contributed by atoms with E-state index in [-0.39, 0.29) is 11.7 Å². The first kappa shape index (κ1) is 10.7. The summed E-state index contributed by atoms with van der Waals surface area (Å²) in [5, 5.41) is 15.1. The van der Waals surface area contributed by atoms with Crippen molar-refractivity contribution in [3.05, 3.63) is 22.6 Å². The third-order valence-electron chi connectivity index (χ3n) is 1.97.